The van der Waals surface area contributed by atoms with Crippen molar-refractivity contribution in [3.8, 4) is 5.88 Å². The van der Waals surface area contributed by atoms with Gasteiger partial charge in [-0.05, 0) is 31.1 Å². The Hall–Kier alpha value is -2.33. The molecular formula is C18H18N2OSi. The number of imidazole rings is 1. The van der Waals surface area contributed by atoms with E-state index in [2.05, 4.69) is 72.6 Å². The third-order valence-electron chi connectivity index (χ3n) is 3.72. The maximum atomic E-state index is 6.09. The Labute approximate surface area is 130 Å². The lowest BCUT2D eigenvalue weighted by atomic mass is 10.1. The molecule has 4 heteroatoms. The Kier molecular flexibility index (Phi) is 2.78. The molecule has 2 aromatic heterocycles. The molecule has 4 aromatic rings. The number of benzene rings is 2. The average molecular weight is 306 g/mol. The van der Waals surface area contributed by atoms with Gasteiger partial charge in [-0.25, -0.2) is 0 Å². The van der Waals surface area contributed by atoms with Crippen LogP contribution in [0.2, 0.25) is 19.6 Å². The second kappa shape index (κ2) is 4.58. The predicted molar refractivity (Wildman–Crippen MR) is 94.2 cm³/mol. The first kappa shape index (κ1) is 13.3. The lowest BCUT2D eigenvalue weighted by Gasteiger charge is -2.15. The molecule has 0 aliphatic rings. The lowest BCUT2D eigenvalue weighted by Crippen LogP contribution is -2.29. The third-order valence-corrected chi connectivity index (χ3v) is 4.54. The van der Waals surface area contributed by atoms with E-state index in [1.165, 1.54) is 10.8 Å². The molecule has 0 spiro atoms. The zero-order chi connectivity index (χ0) is 15.3. The summed E-state index contributed by atoms with van der Waals surface area (Å²) in [6.45, 7) is 6.52. The van der Waals surface area contributed by atoms with E-state index >= 15 is 0 Å². The van der Waals surface area contributed by atoms with Crippen molar-refractivity contribution < 1.29 is 4.43 Å². The van der Waals surface area contributed by atoms with Crippen molar-refractivity contribution in [1.29, 1.82) is 0 Å². The van der Waals surface area contributed by atoms with E-state index in [9.17, 15) is 0 Å². The smallest absolute Gasteiger partial charge is 0.244 e. The van der Waals surface area contributed by atoms with Crippen molar-refractivity contribution in [2.45, 2.75) is 19.6 Å². The topological polar surface area (TPSA) is 26.5 Å². The van der Waals surface area contributed by atoms with E-state index in [4.69, 9.17) is 9.41 Å². The summed E-state index contributed by atoms with van der Waals surface area (Å²) < 4.78 is 8.24. The molecular weight excluding hydrogens is 288 g/mol. The molecule has 2 aromatic carbocycles. The van der Waals surface area contributed by atoms with Gasteiger partial charge in [0.15, 0.2) is 0 Å². The van der Waals surface area contributed by atoms with E-state index < -0.39 is 8.32 Å². The summed E-state index contributed by atoms with van der Waals surface area (Å²) in [7, 11) is -1.67. The molecule has 110 valence electrons. The number of pyridine rings is 1. The van der Waals surface area contributed by atoms with Gasteiger partial charge in [-0.2, -0.15) is 4.98 Å². The minimum atomic E-state index is -1.67. The quantitative estimate of drug-likeness (QED) is 0.391. The van der Waals surface area contributed by atoms with Gasteiger partial charge in [0.2, 0.25) is 14.2 Å². The molecule has 0 amide bonds. The van der Waals surface area contributed by atoms with E-state index in [-0.39, 0.29) is 0 Å². The molecule has 0 N–H and O–H groups in total. The van der Waals surface area contributed by atoms with Gasteiger partial charge in [0.1, 0.15) is 5.65 Å². The summed E-state index contributed by atoms with van der Waals surface area (Å²) in [6.07, 6.45) is 2.02. The Morgan fingerprint density at radius 2 is 1.50 bits per heavy atom. The van der Waals surface area contributed by atoms with Crippen molar-refractivity contribution >= 4 is 35.6 Å². The molecule has 0 radical (unpaired) electrons. The van der Waals surface area contributed by atoms with E-state index in [1.54, 1.807) is 0 Å². The molecule has 3 nitrogen and oxygen atoms in total. The van der Waals surface area contributed by atoms with Crippen LogP contribution >= 0.6 is 0 Å². The summed E-state index contributed by atoms with van der Waals surface area (Å²) in [6, 6.07) is 16.9. The van der Waals surface area contributed by atoms with Gasteiger partial charge < -0.3 is 4.43 Å². The summed E-state index contributed by atoms with van der Waals surface area (Å²) in [4.78, 5) is 4.75. The Morgan fingerprint density at radius 1 is 0.864 bits per heavy atom. The minimum absolute atomic E-state index is 0.723. The van der Waals surface area contributed by atoms with Gasteiger partial charge in [-0.1, -0.05) is 42.5 Å². The molecule has 0 bridgehead atoms. The van der Waals surface area contributed by atoms with Gasteiger partial charge >= 0.3 is 0 Å². The SMILES string of the molecule is C[Si](C)(C)Oc1cn2c3ccccc3c3ccccc3c2n1. The number of hydrogen-bond donors (Lipinski definition) is 0. The highest BCUT2D eigenvalue weighted by molar-refractivity contribution is 6.70. The summed E-state index contributed by atoms with van der Waals surface area (Å²) in [5.74, 6) is 0.723. The van der Waals surface area contributed by atoms with E-state index in [1.807, 2.05) is 6.20 Å². The summed E-state index contributed by atoms with van der Waals surface area (Å²) in [5.41, 5.74) is 2.12. The summed E-state index contributed by atoms with van der Waals surface area (Å²) >= 11 is 0. The number of rotatable bonds is 2. The van der Waals surface area contributed by atoms with Crippen LogP contribution in [-0.2, 0) is 0 Å². The second-order valence-corrected chi connectivity index (χ2v) is 11.0. The predicted octanol–water partition coefficient (Wildman–Crippen LogP) is 4.85. The van der Waals surface area contributed by atoms with E-state index in [0.717, 1.165) is 22.4 Å². The fraction of sp³-hybridized carbons (Fsp3) is 0.167. The highest BCUT2D eigenvalue weighted by atomic mass is 28.4. The van der Waals surface area contributed by atoms with Crippen LogP contribution in [-0.4, -0.2) is 17.7 Å². The first-order valence-electron chi connectivity index (χ1n) is 7.50. The number of hydrogen-bond acceptors (Lipinski definition) is 2. The standard InChI is InChI=1S/C18H18N2OSi/c1-22(2,3)21-17-12-20-16-11-7-6-9-14(16)13-8-4-5-10-15(13)18(20)19-17/h4-12H,1-3H3. The van der Waals surface area contributed by atoms with Crippen LogP contribution < -0.4 is 4.43 Å². The average Bonchev–Trinajstić information content (AvgIpc) is 2.89. The third kappa shape index (κ3) is 2.07. The zero-order valence-corrected chi connectivity index (χ0v) is 14.0. The normalized spacial score (nSPS) is 12.3. The maximum absolute atomic E-state index is 6.09. The van der Waals surface area contributed by atoms with Gasteiger partial charge in [0.05, 0.1) is 11.7 Å². The minimum Gasteiger partial charge on any atom is -0.530 e. The largest absolute Gasteiger partial charge is 0.530 e. The van der Waals surface area contributed by atoms with E-state index in [0.29, 0.717) is 0 Å². The zero-order valence-electron chi connectivity index (χ0n) is 13.0. The van der Waals surface area contributed by atoms with Crippen LogP contribution in [0, 0.1) is 0 Å². The number of para-hydroxylation sites is 1. The molecule has 4 rings (SSSR count). The highest BCUT2D eigenvalue weighted by Gasteiger charge is 2.19. The lowest BCUT2D eigenvalue weighted by molar-refractivity contribution is 0.538. The maximum Gasteiger partial charge on any atom is 0.244 e. The molecule has 0 saturated carbocycles. The van der Waals surface area contributed by atoms with Gasteiger partial charge in [-0.15, -0.1) is 0 Å². The van der Waals surface area contributed by atoms with Crippen LogP contribution in [0.25, 0.3) is 27.3 Å². The Balaban J connectivity index is 2.13. The molecule has 0 aliphatic heterocycles. The monoisotopic (exact) mass is 306 g/mol. The number of fused-ring (bicyclic) bond motifs is 6. The van der Waals surface area contributed by atoms with Crippen LogP contribution in [0.1, 0.15) is 0 Å². The number of aromatic nitrogens is 2. The summed E-state index contributed by atoms with van der Waals surface area (Å²) in [5, 5.41) is 3.63. The van der Waals surface area contributed by atoms with Gasteiger partial charge in [0.25, 0.3) is 0 Å². The fourth-order valence-corrected chi connectivity index (χ4v) is 3.65. The van der Waals surface area contributed by atoms with Gasteiger partial charge in [0, 0.05) is 10.8 Å². The first-order valence-corrected chi connectivity index (χ1v) is 10.9. The Bertz CT molecular complexity index is 926. The molecule has 0 aliphatic carbocycles. The molecule has 0 fully saturated rings. The molecule has 2 heterocycles. The molecule has 0 atom stereocenters. The first-order chi connectivity index (χ1) is 10.5. The van der Waals surface area contributed by atoms with Crippen LogP contribution in [0.3, 0.4) is 0 Å². The fourth-order valence-electron chi connectivity index (χ4n) is 2.92. The Morgan fingerprint density at radius 3 is 2.23 bits per heavy atom. The van der Waals surface area contributed by atoms with Crippen LogP contribution in [0.5, 0.6) is 5.88 Å². The molecule has 0 unspecified atom stereocenters. The molecule has 0 saturated heterocycles. The van der Waals surface area contributed by atoms with Crippen LogP contribution in [0.15, 0.2) is 54.7 Å². The molecule has 22 heavy (non-hydrogen) atoms. The van der Waals surface area contributed by atoms with Crippen molar-refractivity contribution in [3.05, 3.63) is 54.7 Å². The number of nitrogens with zero attached hydrogens (tertiary/aromatic N) is 2. The highest BCUT2D eigenvalue weighted by Crippen LogP contribution is 2.30. The van der Waals surface area contributed by atoms with Gasteiger partial charge in [-0.3, -0.25) is 4.40 Å². The van der Waals surface area contributed by atoms with Crippen molar-refractivity contribution in [2.24, 2.45) is 0 Å². The van der Waals surface area contributed by atoms with Crippen molar-refractivity contribution in [3.63, 3.8) is 0 Å². The van der Waals surface area contributed by atoms with Crippen LogP contribution in [0.4, 0.5) is 0 Å². The second-order valence-electron chi connectivity index (χ2n) is 6.55. The van der Waals surface area contributed by atoms with Crippen molar-refractivity contribution in [2.75, 3.05) is 0 Å². The van der Waals surface area contributed by atoms with Crippen molar-refractivity contribution in [1.82, 2.24) is 9.38 Å².